The molecule has 2 aromatic carbocycles. The molecular formula is C27H30Cl2N4O6. The summed E-state index contributed by atoms with van der Waals surface area (Å²) in [6.45, 7) is 0. The average molecular weight is 577 g/mol. The Morgan fingerprint density at radius 3 is 1.36 bits per heavy atom. The fourth-order valence-electron chi connectivity index (χ4n) is 5.69. The lowest BCUT2D eigenvalue weighted by Crippen LogP contribution is -2.39. The molecule has 4 rings (SSSR count). The SMILES string of the molecule is O=C(NC1CCC(CC2CCC(NC(=O)c3ccc([N+](=O)[O-])c(Cl)c3)CC2)CC1)c1ccc([N+](=O)[O-])c(Cl)c1. The molecule has 2 aliphatic carbocycles. The molecule has 0 aliphatic heterocycles. The molecule has 0 bridgehead atoms. The van der Waals surface area contributed by atoms with Gasteiger partial charge in [0.1, 0.15) is 10.0 Å². The van der Waals surface area contributed by atoms with Crippen LogP contribution in [-0.4, -0.2) is 33.7 Å². The van der Waals surface area contributed by atoms with Crippen LogP contribution in [0, 0.1) is 32.1 Å². The van der Waals surface area contributed by atoms with Crippen molar-refractivity contribution in [2.24, 2.45) is 11.8 Å². The zero-order chi connectivity index (χ0) is 28.1. The van der Waals surface area contributed by atoms with E-state index in [2.05, 4.69) is 10.6 Å². The zero-order valence-corrected chi connectivity index (χ0v) is 22.7. The highest BCUT2D eigenvalue weighted by Crippen LogP contribution is 2.36. The number of rotatable bonds is 8. The molecule has 0 saturated heterocycles. The van der Waals surface area contributed by atoms with E-state index in [4.69, 9.17) is 23.2 Å². The molecule has 0 heterocycles. The van der Waals surface area contributed by atoms with Crippen molar-refractivity contribution in [3.05, 3.63) is 77.8 Å². The van der Waals surface area contributed by atoms with Gasteiger partial charge in [-0.3, -0.25) is 29.8 Å². The van der Waals surface area contributed by atoms with Crippen LogP contribution >= 0.6 is 23.2 Å². The molecule has 2 saturated carbocycles. The molecule has 0 spiro atoms. The third-order valence-corrected chi connectivity index (χ3v) is 8.45. The lowest BCUT2D eigenvalue weighted by Gasteiger charge is -2.34. The molecule has 208 valence electrons. The van der Waals surface area contributed by atoms with Gasteiger partial charge in [-0.1, -0.05) is 23.2 Å². The number of benzene rings is 2. The van der Waals surface area contributed by atoms with Gasteiger partial charge in [0, 0.05) is 35.3 Å². The van der Waals surface area contributed by atoms with Gasteiger partial charge < -0.3 is 10.6 Å². The summed E-state index contributed by atoms with van der Waals surface area (Å²) in [6.07, 6.45) is 8.82. The summed E-state index contributed by atoms with van der Waals surface area (Å²) in [5.41, 5.74) is 0.181. The van der Waals surface area contributed by atoms with Crippen molar-refractivity contribution in [2.75, 3.05) is 0 Å². The molecule has 0 aromatic heterocycles. The molecule has 10 nitrogen and oxygen atoms in total. The van der Waals surface area contributed by atoms with Crippen molar-refractivity contribution in [2.45, 2.75) is 69.9 Å². The number of nitrogens with zero attached hydrogens (tertiary/aromatic N) is 2. The Morgan fingerprint density at radius 2 is 1.05 bits per heavy atom. The normalized spacial score (nSPS) is 23.0. The summed E-state index contributed by atoms with van der Waals surface area (Å²) in [7, 11) is 0. The average Bonchev–Trinajstić information content (AvgIpc) is 2.90. The van der Waals surface area contributed by atoms with Gasteiger partial charge in [-0.15, -0.1) is 0 Å². The summed E-state index contributed by atoms with van der Waals surface area (Å²) in [5.74, 6) is 0.661. The van der Waals surface area contributed by atoms with Gasteiger partial charge in [0.2, 0.25) is 0 Å². The van der Waals surface area contributed by atoms with Crippen molar-refractivity contribution in [1.29, 1.82) is 0 Å². The van der Waals surface area contributed by atoms with Crippen molar-refractivity contribution >= 4 is 46.4 Å². The Kier molecular flexibility index (Phi) is 9.40. The second-order valence-corrected chi connectivity index (χ2v) is 11.3. The number of nitrogens with one attached hydrogen (secondary N) is 2. The highest BCUT2D eigenvalue weighted by molar-refractivity contribution is 6.33. The van der Waals surface area contributed by atoms with Crippen LogP contribution in [0.2, 0.25) is 10.0 Å². The van der Waals surface area contributed by atoms with E-state index in [-0.39, 0.29) is 45.3 Å². The fraction of sp³-hybridized carbons (Fsp3) is 0.481. The lowest BCUT2D eigenvalue weighted by molar-refractivity contribution is -0.384. The van der Waals surface area contributed by atoms with Crippen molar-refractivity contribution < 1.29 is 19.4 Å². The highest BCUT2D eigenvalue weighted by Gasteiger charge is 2.29. The highest BCUT2D eigenvalue weighted by atomic mass is 35.5. The topological polar surface area (TPSA) is 144 Å². The number of carbonyl (C=O) groups is 2. The number of hydrogen-bond donors (Lipinski definition) is 2. The maximum atomic E-state index is 12.6. The minimum atomic E-state index is -0.577. The van der Waals surface area contributed by atoms with Crippen LogP contribution in [0.15, 0.2) is 36.4 Å². The van der Waals surface area contributed by atoms with E-state index in [0.29, 0.717) is 23.0 Å². The number of nitro benzene ring substituents is 2. The van der Waals surface area contributed by atoms with Crippen molar-refractivity contribution in [3.63, 3.8) is 0 Å². The molecule has 2 aliphatic rings. The van der Waals surface area contributed by atoms with Gasteiger partial charge in [-0.05, 0) is 93.9 Å². The number of nitro groups is 2. The summed E-state index contributed by atoms with van der Waals surface area (Å²) < 4.78 is 0. The van der Waals surface area contributed by atoms with Crippen LogP contribution in [0.3, 0.4) is 0 Å². The number of halogens is 2. The predicted molar refractivity (Wildman–Crippen MR) is 147 cm³/mol. The number of hydrogen-bond acceptors (Lipinski definition) is 6. The maximum absolute atomic E-state index is 12.6. The Bertz CT molecular complexity index is 1160. The summed E-state index contributed by atoms with van der Waals surface area (Å²) in [6, 6.07) is 8.15. The third kappa shape index (κ3) is 7.45. The van der Waals surface area contributed by atoms with Gasteiger partial charge in [0.25, 0.3) is 23.2 Å². The summed E-state index contributed by atoms with van der Waals surface area (Å²) in [4.78, 5) is 45.9. The first kappa shape index (κ1) is 28.8. The van der Waals surface area contributed by atoms with Crippen LogP contribution in [0.4, 0.5) is 11.4 Å². The molecule has 0 unspecified atom stereocenters. The van der Waals surface area contributed by atoms with Gasteiger partial charge in [-0.2, -0.15) is 0 Å². The second kappa shape index (κ2) is 12.7. The fourth-order valence-corrected chi connectivity index (χ4v) is 6.19. The van der Waals surface area contributed by atoms with E-state index < -0.39 is 9.85 Å². The molecule has 0 radical (unpaired) electrons. The number of carbonyl (C=O) groups excluding carboxylic acids is 2. The summed E-state index contributed by atoms with van der Waals surface area (Å²) in [5, 5.41) is 27.8. The first-order valence-electron chi connectivity index (χ1n) is 13.1. The van der Waals surface area contributed by atoms with Crippen LogP contribution in [-0.2, 0) is 0 Å². The predicted octanol–water partition coefficient (Wildman–Crippen LogP) is 6.48. The standard InChI is InChI=1S/C27H30Cl2N4O6/c28-22-14-18(5-11-24(22)32(36)37)26(34)30-20-7-1-16(2-8-20)13-17-3-9-21(10-4-17)31-27(35)19-6-12-25(33(38)39)23(29)15-19/h5-6,11-12,14-17,20-21H,1-4,7-10,13H2,(H,30,34)(H,31,35). The first-order valence-corrected chi connectivity index (χ1v) is 13.9. The molecule has 39 heavy (non-hydrogen) atoms. The van der Waals surface area contributed by atoms with Gasteiger partial charge >= 0.3 is 0 Å². The Labute approximate surface area is 235 Å². The maximum Gasteiger partial charge on any atom is 0.287 e. The quantitative estimate of drug-likeness (QED) is 0.272. The molecule has 2 fully saturated rings. The van der Waals surface area contributed by atoms with E-state index >= 15 is 0 Å². The monoisotopic (exact) mass is 576 g/mol. The largest absolute Gasteiger partial charge is 0.349 e. The third-order valence-electron chi connectivity index (χ3n) is 7.84. The van der Waals surface area contributed by atoms with Crippen LogP contribution < -0.4 is 10.6 Å². The number of amides is 2. The lowest BCUT2D eigenvalue weighted by atomic mass is 9.75. The Balaban J connectivity index is 1.17. The van der Waals surface area contributed by atoms with Gasteiger partial charge in [0.05, 0.1) is 9.85 Å². The molecule has 2 aromatic rings. The van der Waals surface area contributed by atoms with Crippen molar-refractivity contribution in [3.8, 4) is 0 Å². The minimum Gasteiger partial charge on any atom is -0.349 e. The molecule has 0 atom stereocenters. The van der Waals surface area contributed by atoms with Crippen LogP contribution in [0.25, 0.3) is 0 Å². The summed E-state index contributed by atoms with van der Waals surface area (Å²) >= 11 is 11.9. The van der Waals surface area contributed by atoms with Gasteiger partial charge in [0.15, 0.2) is 0 Å². The van der Waals surface area contributed by atoms with E-state index in [1.165, 1.54) is 36.4 Å². The van der Waals surface area contributed by atoms with E-state index in [1.807, 2.05) is 0 Å². The second-order valence-electron chi connectivity index (χ2n) is 10.5. The first-order chi connectivity index (χ1) is 18.6. The molecule has 2 amide bonds. The smallest absolute Gasteiger partial charge is 0.287 e. The van der Waals surface area contributed by atoms with Gasteiger partial charge in [-0.25, -0.2) is 0 Å². The van der Waals surface area contributed by atoms with Crippen LogP contribution in [0.1, 0.15) is 78.5 Å². The Morgan fingerprint density at radius 1 is 0.692 bits per heavy atom. The minimum absolute atomic E-state index is 0.0543. The van der Waals surface area contributed by atoms with Crippen LogP contribution in [0.5, 0.6) is 0 Å². The zero-order valence-electron chi connectivity index (χ0n) is 21.2. The van der Waals surface area contributed by atoms with E-state index in [9.17, 15) is 29.8 Å². The Hall–Kier alpha value is -3.24. The molecule has 2 N–H and O–H groups in total. The van der Waals surface area contributed by atoms with E-state index in [1.54, 1.807) is 0 Å². The van der Waals surface area contributed by atoms with Crippen molar-refractivity contribution in [1.82, 2.24) is 10.6 Å². The molecular weight excluding hydrogens is 547 g/mol. The van der Waals surface area contributed by atoms with E-state index in [0.717, 1.165) is 57.8 Å². The molecule has 12 heteroatoms.